The summed E-state index contributed by atoms with van der Waals surface area (Å²) < 4.78 is 0. The van der Waals surface area contributed by atoms with E-state index in [9.17, 15) is 0 Å². The number of aromatic amines is 1. The van der Waals surface area contributed by atoms with Crippen LogP contribution >= 0.6 is 23.2 Å². The van der Waals surface area contributed by atoms with E-state index in [4.69, 9.17) is 23.2 Å². The summed E-state index contributed by atoms with van der Waals surface area (Å²) in [5.41, 5.74) is 1.61. The minimum Gasteiger partial charge on any atom is -0.274 e. The van der Waals surface area contributed by atoms with E-state index in [0.29, 0.717) is 10.3 Å². The molecular formula is C7H5Cl2N3. The number of rotatable bonds is 0. The molecule has 0 aliphatic heterocycles. The predicted molar refractivity (Wildman–Crippen MR) is 48.6 cm³/mol. The van der Waals surface area contributed by atoms with Crippen molar-refractivity contribution in [1.82, 2.24) is 15.2 Å². The van der Waals surface area contributed by atoms with Gasteiger partial charge in [0.1, 0.15) is 10.7 Å². The number of pyridine rings is 1. The lowest BCUT2D eigenvalue weighted by Gasteiger charge is -1.93. The Kier molecular flexibility index (Phi) is 1.70. The average molecular weight is 202 g/mol. The molecule has 0 unspecified atom stereocenters. The lowest BCUT2D eigenvalue weighted by molar-refractivity contribution is 1.07. The van der Waals surface area contributed by atoms with E-state index >= 15 is 0 Å². The van der Waals surface area contributed by atoms with E-state index in [1.165, 1.54) is 0 Å². The number of hydrogen-bond donors (Lipinski definition) is 1. The zero-order valence-corrected chi connectivity index (χ0v) is 7.74. The molecule has 0 fully saturated rings. The van der Waals surface area contributed by atoms with Gasteiger partial charge in [0.25, 0.3) is 0 Å². The van der Waals surface area contributed by atoms with Gasteiger partial charge in [0.05, 0.1) is 5.69 Å². The van der Waals surface area contributed by atoms with Crippen molar-refractivity contribution in [2.45, 2.75) is 6.92 Å². The number of aryl methyl sites for hydroxylation is 1. The van der Waals surface area contributed by atoms with Crippen molar-refractivity contribution < 1.29 is 0 Å². The van der Waals surface area contributed by atoms with Crippen LogP contribution in [0.4, 0.5) is 0 Å². The van der Waals surface area contributed by atoms with Gasteiger partial charge in [-0.25, -0.2) is 4.98 Å². The first kappa shape index (κ1) is 7.83. The summed E-state index contributed by atoms with van der Waals surface area (Å²) in [7, 11) is 0. The molecule has 0 bridgehead atoms. The Bertz CT molecular complexity index is 435. The molecule has 3 nitrogen and oxygen atoms in total. The van der Waals surface area contributed by atoms with Gasteiger partial charge in [0.15, 0.2) is 5.15 Å². The summed E-state index contributed by atoms with van der Waals surface area (Å²) in [5.74, 6) is 0. The molecular weight excluding hydrogens is 197 g/mol. The first-order valence-corrected chi connectivity index (χ1v) is 4.11. The quantitative estimate of drug-likeness (QED) is 0.667. The number of aromatic nitrogens is 3. The Labute approximate surface area is 78.7 Å². The molecule has 5 heteroatoms. The highest BCUT2D eigenvalue weighted by molar-refractivity contribution is 6.36. The second kappa shape index (κ2) is 2.61. The van der Waals surface area contributed by atoms with Crippen LogP contribution in [0.2, 0.25) is 10.3 Å². The zero-order valence-electron chi connectivity index (χ0n) is 6.23. The van der Waals surface area contributed by atoms with Crippen LogP contribution in [-0.2, 0) is 0 Å². The summed E-state index contributed by atoms with van der Waals surface area (Å²) in [6.07, 6.45) is 0. The Morgan fingerprint density at radius 2 is 2.17 bits per heavy atom. The molecule has 62 valence electrons. The predicted octanol–water partition coefficient (Wildman–Crippen LogP) is 2.57. The van der Waals surface area contributed by atoms with Gasteiger partial charge in [0, 0.05) is 5.39 Å². The number of hydrogen-bond acceptors (Lipinski definition) is 2. The summed E-state index contributed by atoms with van der Waals surface area (Å²) in [5, 5.41) is 8.43. The summed E-state index contributed by atoms with van der Waals surface area (Å²) in [4.78, 5) is 3.87. The van der Waals surface area contributed by atoms with Crippen LogP contribution in [0.15, 0.2) is 6.07 Å². The van der Waals surface area contributed by atoms with Crippen LogP contribution in [0.5, 0.6) is 0 Å². The van der Waals surface area contributed by atoms with Crippen molar-refractivity contribution in [2.24, 2.45) is 0 Å². The molecule has 0 atom stereocenters. The number of halogens is 2. The summed E-state index contributed by atoms with van der Waals surface area (Å²) in [6, 6.07) is 1.74. The molecule has 2 aromatic heterocycles. The third kappa shape index (κ3) is 1.06. The molecule has 0 amide bonds. The Morgan fingerprint density at radius 3 is 2.92 bits per heavy atom. The maximum atomic E-state index is 5.81. The van der Waals surface area contributed by atoms with Gasteiger partial charge in [-0.2, -0.15) is 5.10 Å². The van der Waals surface area contributed by atoms with Crippen LogP contribution in [0.25, 0.3) is 10.9 Å². The van der Waals surface area contributed by atoms with Crippen LogP contribution < -0.4 is 0 Å². The molecule has 0 radical (unpaired) electrons. The van der Waals surface area contributed by atoms with Gasteiger partial charge in [-0.05, 0) is 13.0 Å². The zero-order chi connectivity index (χ0) is 8.72. The second-order valence-corrected chi connectivity index (χ2v) is 3.21. The van der Waals surface area contributed by atoms with Crippen molar-refractivity contribution in [3.63, 3.8) is 0 Å². The standard InChI is InChI=1S/C7H5Cl2N3/c1-3-4-2-5(8)10-7(9)6(4)12-11-3/h2H,1H3,(H,11,12). The lowest BCUT2D eigenvalue weighted by Crippen LogP contribution is -1.78. The minimum absolute atomic E-state index is 0.359. The first-order valence-electron chi connectivity index (χ1n) is 3.35. The normalized spacial score (nSPS) is 10.9. The monoisotopic (exact) mass is 201 g/mol. The highest BCUT2D eigenvalue weighted by Gasteiger charge is 2.07. The third-order valence-electron chi connectivity index (χ3n) is 1.67. The Balaban J connectivity index is 2.92. The lowest BCUT2D eigenvalue weighted by atomic mass is 10.3. The van der Waals surface area contributed by atoms with Crippen LogP contribution in [0.3, 0.4) is 0 Å². The topological polar surface area (TPSA) is 41.6 Å². The molecule has 0 spiro atoms. The van der Waals surface area contributed by atoms with E-state index in [-0.39, 0.29) is 0 Å². The maximum Gasteiger partial charge on any atom is 0.156 e. The molecule has 0 saturated carbocycles. The van der Waals surface area contributed by atoms with E-state index in [1.54, 1.807) is 6.07 Å². The molecule has 0 saturated heterocycles. The van der Waals surface area contributed by atoms with E-state index in [0.717, 1.165) is 16.6 Å². The second-order valence-electron chi connectivity index (χ2n) is 2.47. The number of nitrogens with one attached hydrogen (secondary N) is 1. The Morgan fingerprint density at radius 1 is 1.42 bits per heavy atom. The molecule has 1 N–H and O–H groups in total. The van der Waals surface area contributed by atoms with Crippen LogP contribution in [0.1, 0.15) is 5.69 Å². The van der Waals surface area contributed by atoms with Gasteiger partial charge >= 0.3 is 0 Å². The van der Waals surface area contributed by atoms with Crippen molar-refractivity contribution in [1.29, 1.82) is 0 Å². The fourth-order valence-electron chi connectivity index (χ4n) is 1.08. The molecule has 2 aromatic rings. The summed E-state index contributed by atoms with van der Waals surface area (Å²) in [6.45, 7) is 1.88. The molecule has 12 heavy (non-hydrogen) atoms. The molecule has 0 aliphatic rings. The van der Waals surface area contributed by atoms with Gasteiger partial charge in [-0.15, -0.1) is 0 Å². The minimum atomic E-state index is 0.359. The van der Waals surface area contributed by atoms with Gasteiger partial charge < -0.3 is 0 Å². The molecule has 0 aliphatic carbocycles. The highest BCUT2D eigenvalue weighted by Crippen LogP contribution is 2.24. The molecule has 2 rings (SSSR count). The van der Waals surface area contributed by atoms with Crippen molar-refractivity contribution in [3.05, 3.63) is 22.1 Å². The van der Waals surface area contributed by atoms with E-state index in [2.05, 4.69) is 15.2 Å². The first-order chi connectivity index (χ1) is 5.68. The van der Waals surface area contributed by atoms with E-state index in [1.807, 2.05) is 6.92 Å². The van der Waals surface area contributed by atoms with E-state index < -0.39 is 0 Å². The Hall–Kier alpha value is -0.800. The molecule has 0 aromatic carbocycles. The maximum absolute atomic E-state index is 5.81. The van der Waals surface area contributed by atoms with Gasteiger partial charge in [-0.1, -0.05) is 23.2 Å². The van der Waals surface area contributed by atoms with Crippen LogP contribution in [0, 0.1) is 6.92 Å². The van der Waals surface area contributed by atoms with Crippen molar-refractivity contribution in [2.75, 3.05) is 0 Å². The number of nitrogens with zero attached hydrogens (tertiary/aromatic N) is 2. The van der Waals surface area contributed by atoms with Gasteiger partial charge in [-0.3, -0.25) is 5.10 Å². The largest absolute Gasteiger partial charge is 0.274 e. The highest BCUT2D eigenvalue weighted by atomic mass is 35.5. The smallest absolute Gasteiger partial charge is 0.156 e. The molecule has 2 heterocycles. The number of fused-ring (bicyclic) bond motifs is 1. The fourth-order valence-corrected chi connectivity index (χ4v) is 1.55. The SMILES string of the molecule is Cc1n[nH]c2c(Cl)nc(Cl)cc12. The third-order valence-corrected chi connectivity index (χ3v) is 2.14. The average Bonchev–Trinajstić information content (AvgIpc) is 2.33. The van der Waals surface area contributed by atoms with Crippen molar-refractivity contribution >= 4 is 34.1 Å². The fraction of sp³-hybridized carbons (Fsp3) is 0.143. The number of H-pyrrole nitrogens is 1. The van der Waals surface area contributed by atoms with Gasteiger partial charge in [0.2, 0.25) is 0 Å². The summed E-state index contributed by atoms with van der Waals surface area (Å²) >= 11 is 11.5. The van der Waals surface area contributed by atoms with Crippen LogP contribution in [-0.4, -0.2) is 15.2 Å². The van der Waals surface area contributed by atoms with Crippen molar-refractivity contribution in [3.8, 4) is 0 Å².